The molecule has 3 aromatic carbocycles. The summed E-state index contributed by atoms with van der Waals surface area (Å²) in [5.41, 5.74) is 13.1. The Labute approximate surface area is 246 Å². The van der Waals surface area contributed by atoms with E-state index in [9.17, 15) is 0 Å². The second-order valence-electron chi connectivity index (χ2n) is 12.8. The molecule has 1 heteroatoms. The van der Waals surface area contributed by atoms with Crippen molar-refractivity contribution in [1.82, 2.24) is 0 Å². The molecule has 0 amide bonds. The van der Waals surface area contributed by atoms with Crippen LogP contribution in [-0.2, 0) is 12.8 Å². The topological polar surface area (TPSA) is 0 Å². The highest BCUT2D eigenvalue weighted by atomic mass is 28.3. The van der Waals surface area contributed by atoms with E-state index < -0.39 is 8.07 Å². The van der Waals surface area contributed by atoms with Gasteiger partial charge in [-0.05, 0) is 112 Å². The van der Waals surface area contributed by atoms with Gasteiger partial charge in [-0.25, -0.2) is 0 Å². The molecule has 3 aromatic rings. The molecule has 0 saturated heterocycles. The van der Waals surface area contributed by atoms with Crippen molar-refractivity contribution in [1.29, 1.82) is 0 Å². The molecule has 40 heavy (non-hydrogen) atoms. The van der Waals surface area contributed by atoms with Gasteiger partial charge in [0.15, 0.2) is 8.07 Å². The average molecular weight is 549 g/mol. The molecule has 0 fully saturated rings. The summed E-state index contributed by atoms with van der Waals surface area (Å²) in [4.78, 5) is 0. The molecule has 0 nitrogen and oxygen atoms in total. The number of hydrogen-bond acceptors (Lipinski definition) is 0. The van der Waals surface area contributed by atoms with E-state index in [1.54, 1.807) is 26.3 Å². The van der Waals surface area contributed by atoms with E-state index in [1.807, 2.05) is 0 Å². The summed E-state index contributed by atoms with van der Waals surface area (Å²) in [5.74, 6) is 0.437. The van der Waals surface area contributed by atoms with E-state index in [0.717, 1.165) is 12.8 Å². The third-order valence-electron chi connectivity index (χ3n) is 9.48. The van der Waals surface area contributed by atoms with Crippen molar-refractivity contribution in [3.05, 3.63) is 110 Å². The van der Waals surface area contributed by atoms with Crippen molar-refractivity contribution < 1.29 is 0 Å². The smallest absolute Gasteiger partial charge is 0.0654 e. The molecule has 1 aliphatic carbocycles. The molecule has 1 unspecified atom stereocenters. The van der Waals surface area contributed by atoms with Crippen molar-refractivity contribution in [2.75, 3.05) is 0 Å². The Morgan fingerprint density at radius 2 is 0.925 bits per heavy atom. The lowest BCUT2D eigenvalue weighted by Crippen LogP contribution is -2.70. The molecule has 212 valence electrons. The summed E-state index contributed by atoms with van der Waals surface area (Å²) >= 11 is 0. The van der Waals surface area contributed by atoms with Crippen LogP contribution in [0.1, 0.15) is 101 Å². The molecule has 0 N–H and O–H groups in total. The van der Waals surface area contributed by atoms with Crippen LogP contribution in [0.25, 0.3) is 0 Å². The Hall–Kier alpha value is -2.64. The zero-order chi connectivity index (χ0) is 29.2. The van der Waals surface area contributed by atoms with E-state index in [4.69, 9.17) is 0 Å². The third kappa shape index (κ3) is 5.73. The maximum Gasteiger partial charge on any atom is 0.176 e. The Kier molecular flexibility index (Phi) is 9.46. The fraction of sp³-hybridized carbons (Fsp3) is 0.436. The average Bonchev–Trinajstić information content (AvgIpc) is 3.08. The minimum atomic E-state index is -2.63. The number of hydrogen-bond donors (Lipinski definition) is 0. The lowest BCUT2D eigenvalue weighted by atomic mass is 10.0. The van der Waals surface area contributed by atoms with Crippen LogP contribution in [0.5, 0.6) is 0 Å². The number of allylic oxidation sites excluding steroid dienone is 4. The standard InChI is InChI=1S/C39H52Si/c1-11-13-15-34-23-35(16-14-12-2)25-38(24-34)40(36-19-26(3)17-27(4)20-36,37-21-28(5)18-29(6)22-37)39-32(9)30(7)31(8)33(39)10/h17-25,32H,11-16H2,1-10H3. The van der Waals surface area contributed by atoms with Crippen LogP contribution in [0.3, 0.4) is 0 Å². The minimum Gasteiger partial charge on any atom is -0.0654 e. The van der Waals surface area contributed by atoms with Crippen LogP contribution in [0.15, 0.2) is 76.5 Å². The van der Waals surface area contributed by atoms with Gasteiger partial charge in [0.1, 0.15) is 0 Å². The Balaban J connectivity index is 2.22. The van der Waals surface area contributed by atoms with Gasteiger partial charge in [-0.2, -0.15) is 0 Å². The largest absolute Gasteiger partial charge is 0.176 e. The highest BCUT2D eigenvalue weighted by Crippen LogP contribution is 2.41. The van der Waals surface area contributed by atoms with E-state index in [2.05, 4.69) is 124 Å². The summed E-state index contributed by atoms with van der Waals surface area (Å²) in [6.07, 6.45) is 7.28. The molecule has 0 heterocycles. The van der Waals surface area contributed by atoms with Crippen LogP contribution in [0.2, 0.25) is 0 Å². The van der Waals surface area contributed by atoms with Crippen LogP contribution >= 0.6 is 0 Å². The van der Waals surface area contributed by atoms with Crippen molar-refractivity contribution in [2.45, 2.75) is 108 Å². The molecule has 1 atom stereocenters. The van der Waals surface area contributed by atoms with Gasteiger partial charge in [-0.15, -0.1) is 0 Å². The van der Waals surface area contributed by atoms with Crippen LogP contribution in [0, 0.1) is 33.6 Å². The second kappa shape index (κ2) is 12.5. The zero-order valence-electron chi connectivity index (χ0n) is 27.0. The first-order valence-electron chi connectivity index (χ1n) is 15.7. The first kappa shape index (κ1) is 30.3. The highest BCUT2D eigenvalue weighted by molar-refractivity contribution is 7.16. The van der Waals surface area contributed by atoms with Gasteiger partial charge >= 0.3 is 0 Å². The fourth-order valence-electron chi connectivity index (χ4n) is 7.35. The predicted octanol–water partition coefficient (Wildman–Crippen LogP) is 8.92. The lowest BCUT2D eigenvalue weighted by Gasteiger charge is -2.40. The maximum atomic E-state index is 2.64. The highest BCUT2D eigenvalue weighted by Gasteiger charge is 2.48. The normalized spacial score (nSPS) is 15.9. The van der Waals surface area contributed by atoms with E-state index >= 15 is 0 Å². The van der Waals surface area contributed by atoms with Crippen molar-refractivity contribution >= 4 is 23.6 Å². The molecule has 1 aliphatic rings. The SMILES string of the molecule is CCCCc1cc(CCCC)cc([Si](C2=C(C)C(C)=C(C)C2C)(c2cc(C)cc(C)c2)c2cc(C)cc(C)c2)c1. The van der Waals surface area contributed by atoms with Crippen molar-refractivity contribution in [3.63, 3.8) is 0 Å². The van der Waals surface area contributed by atoms with E-state index in [-0.39, 0.29) is 0 Å². The molecule has 4 rings (SSSR count). The molecule has 0 saturated carbocycles. The molecule has 0 aliphatic heterocycles. The van der Waals surface area contributed by atoms with Gasteiger partial charge in [-0.1, -0.05) is 127 Å². The number of aryl methyl sites for hydroxylation is 6. The van der Waals surface area contributed by atoms with Crippen molar-refractivity contribution in [3.8, 4) is 0 Å². The molecule has 0 radical (unpaired) electrons. The lowest BCUT2D eigenvalue weighted by molar-refractivity contribution is 0.781. The number of benzene rings is 3. The van der Waals surface area contributed by atoms with Gasteiger partial charge in [0.25, 0.3) is 0 Å². The third-order valence-corrected chi connectivity index (χ3v) is 14.6. The minimum absolute atomic E-state index is 0.437. The predicted molar refractivity (Wildman–Crippen MR) is 180 cm³/mol. The number of unbranched alkanes of at least 4 members (excludes halogenated alkanes) is 2. The first-order chi connectivity index (χ1) is 19.0. The molecule has 0 bridgehead atoms. The van der Waals surface area contributed by atoms with Gasteiger partial charge in [0.05, 0.1) is 0 Å². The van der Waals surface area contributed by atoms with Gasteiger partial charge in [0.2, 0.25) is 0 Å². The first-order valence-corrected chi connectivity index (χ1v) is 17.7. The molecule has 0 spiro atoms. The van der Waals surface area contributed by atoms with Crippen LogP contribution in [-0.4, -0.2) is 8.07 Å². The summed E-state index contributed by atoms with van der Waals surface area (Å²) in [7, 11) is -2.63. The van der Waals surface area contributed by atoms with E-state index in [0.29, 0.717) is 5.92 Å². The Morgan fingerprint density at radius 1 is 0.525 bits per heavy atom. The quantitative estimate of drug-likeness (QED) is 0.175. The summed E-state index contributed by atoms with van der Waals surface area (Å²) in [6, 6.07) is 22.7. The Morgan fingerprint density at radius 3 is 1.27 bits per heavy atom. The molecular formula is C39H52Si. The van der Waals surface area contributed by atoms with Crippen LogP contribution < -0.4 is 15.6 Å². The monoisotopic (exact) mass is 548 g/mol. The summed E-state index contributed by atoms with van der Waals surface area (Å²) in [6.45, 7) is 23.4. The fourth-order valence-corrected chi connectivity index (χ4v) is 13.5. The summed E-state index contributed by atoms with van der Waals surface area (Å²) in [5, 5.41) is 6.39. The van der Waals surface area contributed by atoms with Crippen molar-refractivity contribution in [2.24, 2.45) is 5.92 Å². The van der Waals surface area contributed by atoms with Gasteiger partial charge < -0.3 is 0 Å². The summed E-state index contributed by atoms with van der Waals surface area (Å²) < 4.78 is 0. The van der Waals surface area contributed by atoms with Gasteiger partial charge in [-0.3, -0.25) is 0 Å². The number of rotatable bonds is 10. The van der Waals surface area contributed by atoms with E-state index in [1.165, 1.54) is 70.2 Å². The Bertz CT molecular complexity index is 1330. The van der Waals surface area contributed by atoms with Gasteiger partial charge in [0, 0.05) is 0 Å². The molecule has 0 aromatic heterocycles. The maximum absolute atomic E-state index is 2.64. The molecular weight excluding hydrogens is 497 g/mol. The van der Waals surface area contributed by atoms with Crippen LogP contribution in [0.4, 0.5) is 0 Å². The zero-order valence-corrected chi connectivity index (χ0v) is 28.0. The second-order valence-corrected chi connectivity index (χ2v) is 16.6.